The number of pyridine rings is 1. The van der Waals surface area contributed by atoms with E-state index in [1.165, 1.54) is 0 Å². The smallest absolute Gasteiger partial charge is 0.354 e. The highest BCUT2D eigenvalue weighted by Gasteiger charge is 2.13. The molecule has 0 radical (unpaired) electrons. The Bertz CT molecular complexity index is 553. The monoisotopic (exact) mass is 302 g/mol. The fourth-order valence-corrected chi connectivity index (χ4v) is 1.94. The van der Waals surface area contributed by atoms with Crippen LogP contribution in [0, 0.1) is 0 Å². The summed E-state index contributed by atoms with van der Waals surface area (Å²) in [6, 6.07) is 1.69. The van der Waals surface area contributed by atoms with Gasteiger partial charge in [0.15, 0.2) is 0 Å². The minimum absolute atomic E-state index is 0.342. The Kier molecular flexibility index (Phi) is 3.16. The first kappa shape index (κ1) is 11.4. The van der Waals surface area contributed by atoms with Gasteiger partial charge in [0.25, 0.3) is 0 Å². The Morgan fingerprint density at radius 2 is 2.44 bits per heavy atom. The molecule has 2 heterocycles. The van der Waals surface area contributed by atoms with E-state index in [1.54, 1.807) is 19.2 Å². The topological polar surface area (TPSA) is 55.0 Å². The van der Waals surface area contributed by atoms with Crippen LogP contribution in [-0.2, 0) is 4.74 Å². The SMILES string of the molecule is CCOC(=O)c1cc2c(Br)c(Cl)ncc2[nH]1. The van der Waals surface area contributed by atoms with Crippen molar-refractivity contribution < 1.29 is 9.53 Å². The number of carbonyl (C=O) groups is 1. The molecule has 1 N–H and O–H groups in total. The summed E-state index contributed by atoms with van der Waals surface area (Å²) in [6.07, 6.45) is 1.57. The van der Waals surface area contributed by atoms with Crippen LogP contribution in [0.5, 0.6) is 0 Å². The summed E-state index contributed by atoms with van der Waals surface area (Å²) in [5, 5.41) is 1.17. The molecule has 6 heteroatoms. The molecule has 0 amide bonds. The summed E-state index contributed by atoms with van der Waals surface area (Å²) in [5.74, 6) is -0.387. The average Bonchev–Trinajstić information content (AvgIpc) is 2.69. The number of aromatic nitrogens is 2. The van der Waals surface area contributed by atoms with Crippen LogP contribution in [0.1, 0.15) is 17.4 Å². The third kappa shape index (κ3) is 1.92. The quantitative estimate of drug-likeness (QED) is 0.685. The highest BCUT2D eigenvalue weighted by Crippen LogP contribution is 2.29. The number of carbonyl (C=O) groups excluding carboxylic acids is 1. The zero-order valence-corrected chi connectivity index (χ0v) is 10.7. The van der Waals surface area contributed by atoms with Gasteiger partial charge >= 0.3 is 5.97 Å². The molecule has 84 valence electrons. The second kappa shape index (κ2) is 4.43. The summed E-state index contributed by atoms with van der Waals surface area (Å²) in [4.78, 5) is 18.4. The van der Waals surface area contributed by atoms with Gasteiger partial charge in [-0.15, -0.1) is 0 Å². The number of ether oxygens (including phenoxy) is 1. The van der Waals surface area contributed by atoms with Crippen LogP contribution in [0.2, 0.25) is 5.15 Å². The molecule has 0 aliphatic carbocycles. The summed E-state index contributed by atoms with van der Waals surface area (Å²) >= 11 is 9.17. The molecule has 0 saturated carbocycles. The number of rotatable bonds is 2. The van der Waals surface area contributed by atoms with Crippen molar-refractivity contribution in [1.29, 1.82) is 0 Å². The summed E-state index contributed by atoms with van der Waals surface area (Å²) in [7, 11) is 0. The number of hydrogen-bond donors (Lipinski definition) is 1. The summed E-state index contributed by atoms with van der Waals surface area (Å²) < 4.78 is 5.55. The Hall–Kier alpha value is -1.07. The summed E-state index contributed by atoms with van der Waals surface area (Å²) in [6.45, 7) is 2.10. The minimum atomic E-state index is -0.387. The number of nitrogens with zero attached hydrogens (tertiary/aromatic N) is 1. The van der Waals surface area contributed by atoms with Crippen LogP contribution in [0.4, 0.5) is 0 Å². The predicted octanol–water partition coefficient (Wildman–Crippen LogP) is 3.16. The van der Waals surface area contributed by atoms with E-state index < -0.39 is 0 Å². The number of H-pyrrole nitrogens is 1. The van der Waals surface area contributed by atoms with Crippen molar-refractivity contribution in [2.24, 2.45) is 0 Å². The fraction of sp³-hybridized carbons (Fsp3) is 0.200. The normalized spacial score (nSPS) is 10.7. The maximum atomic E-state index is 11.5. The average molecular weight is 304 g/mol. The number of hydrogen-bond acceptors (Lipinski definition) is 3. The maximum absolute atomic E-state index is 11.5. The first-order chi connectivity index (χ1) is 7.63. The van der Waals surface area contributed by atoms with Crippen molar-refractivity contribution in [3.8, 4) is 0 Å². The van der Waals surface area contributed by atoms with E-state index in [2.05, 4.69) is 25.9 Å². The van der Waals surface area contributed by atoms with Crippen molar-refractivity contribution in [3.63, 3.8) is 0 Å². The van der Waals surface area contributed by atoms with Gasteiger partial charge in [-0.25, -0.2) is 9.78 Å². The van der Waals surface area contributed by atoms with Crippen LogP contribution >= 0.6 is 27.5 Å². The number of fused-ring (bicyclic) bond motifs is 1. The van der Waals surface area contributed by atoms with E-state index in [0.717, 1.165) is 10.9 Å². The van der Waals surface area contributed by atoms with E-state index in [0.29, 0.717) is 21.9 Å². The van der Waals surface area contributed by atoms with Crippen LogP contribution in [0.15, 0.2) is 16.7 Å². The maximum Gasteiger partial charge on any atom is 0.354 e. The molecule has 2 aromatic rings. The molecule has 0 aliphatic heterocycles. The molecular weight excluding hydrogens is 295 g/mol. The van der Waals surface area contributed by atoms with E-state index in [-0.39, 0.29) is 5.97 Å². The number of halogens is 2. The number of nitrogens with one attached hydrogen (secondary N) is 1. The lowest BCUT2D eigenvalue weighted by molar-refractivity contribution is 0.0520. The van der Waals surface area contributed by atoms with Crippen molar-refractivity contribution in [1.82, 2.24) is 9.97 Å². The molecule has 0 atom stereocenters. The van der Waals surface area contributed by atoms with Gasteiger partial charge in [-0.05, 0) is 28.9 Å². The van der Waals surface area contributed by atoms with E-state index in [4.69, 9.17) is 16.3 Å². The zero-order valence-electron chi connectivity index (χ0n) is 8.38. The third-order valence-corrected chi connectivity index (χ3v) is 3.39. The van der Waals surface area contributed by atoms with Crippen molar-refractivity contribution in [2.75, 3.05) is 6.61 Å². The van der Waals surface area contributed by atoms with Gasteiger partial charge in [0.05, 0.1) is 22.8 Å². The molecule has 0 aliphatic rings. The lowest BCUT2D eigenvalue weighted by atomic mass is 10.3. The molecule has 0 unspecified atom stereocenters. The number of esters is 1. The lowest BCUT2D eigenvalue weighted by Crippen LogP contribution is -2.04. The van der Waals surface area contributed by atoms with Gasteiger partial charge in [-0.1, -0.05) is 11.6 Å². The van der Waals surface area contributed by atoms with Gasteiger partial charge in [-0.2, -0.15) is 0 Å². The Balaban J connectivity index is 2.52. The first-order valence-corrected chi connectivity index (χ1v) is 5.80. The second-order valence-electron chi connectivity index (χ2n) is 3.09. The Labute approximate surface area is 105 Å². The molecular formula is C10H8BrClN2O2. The Morgan fingerprint density at radius 3 is 3.12 bits per heavy atom. The molecule has 2 aromatic heterocycles. The zero-order chi connectivity index (χ0) is 11.7. The van der Waals surface area contributed by atoms with Gasteiger partial charge in [0.2, 0.25) is 0 Å². The largest absolute Gasteiger partial charge is 0.461 e. The second-order valence-corrected chi connectivity index (χ2v) is 4.24. The standard InChI is InChI=1S/C10H8BrClN2O2/c1-2-16-10(15)6-3-5-7(14-6)4-13-9(12)8(5)11/h3-4,14H,2H2,1H3. The molecule has 0 spiro atoms. The lowest BCUT2D eigenvalue weighted by Gasteiger charge is -1.96. The van der Waals surface area contributed by atoms with Gasteiger partial charge in [0.1, 0.15) is 10.8 Å². The molecule has 4 nitrogen and oxygen atoms in total. The molecule has 0 fully saturated rings. The van der Waals surface area contributed by atoms with Crippen LogP contribution < -0.4 is 0 Å². The third-order valence-electron chi connectivity index (χ3n) is 2.07. The molecule has 0 aromatic carbocycles. The van der Waals surface area contributed by atoms with Crippen LogP contribution in [0.3, 0.4) is 0 Å². The van der Waals surface area contributed by atoms with Crippen molar-refractivity contribution in [3.05, 3.63) is 27.6 Å². The van der Waals surface area contributed by atoms with Gasteiger partial charge < -0.3 is 9.72 Å². The Morgan fingerprint density at radius 1 is 1.69 bits per heavy atom. The molecule has 2 rings (SSSR count). The molecule has 0 saturated heterocycles. The fourth-order valence-electron chi connectivity index (χ4n) is 1.36. The van der Waals surface area contributed by atoms with Crippen LogP contribution in [0.25, 0.3) is 10.9 Å². The van der Waals surface area contributed by atoms with Crippen molar-refractivity contribution >= 4 is 44.4 Å². The van der Waals surface area contributed by atoms with E-state index >= 15 is 0 Å². The number of aromatic amines is 1. The highest BCUT2D eigenvalue weighted by molar-refractivity contribution is 9.10. The van der Waals surface area contributed by atoms with Gasteiger partial charge in [-0.3, -0.25) is 0 Å². The van der Waals surface area contributed by atoms with E-state index in [9.17, 15) is 4.79 Å². The van der Waals surface area contributed by atoms with Gasteiger partial charge in [0, 0.05) is 5.39 Å². The first-order valence-electron chi connectivity index (χ1n) is 4.63. The molecule has 16 heavy (non-hydrogen) atoms. The summed E-state index contributed by atoms with van der Waals surface area (Å²) in [5.41, 5.74) is 1.13. The van der Waals surface area contributed by atoms with E-state index in [1.807, 2.05) is 0 Å². The highest BCUT2D eigenvalue weighted by atomic mass is 79.9. The van der Waals surface area contributed by atoms with Crippen molar-refractivity contribution in [2.45, 2.75) is 6.92 Å². The minimum Gasteiger partial charge on any atom is -0.461 e. The predicted molar refractivity (Wildman–Crippen MR) is 64.8 cm³/mol. The molecule has 0 bridgehead atoms. The van der Waals surface area contributed by atoms with Crippen LogP contribution in [-0.4, -0.2) is 22.5 Å².